The lowest BCUT2D eigenvalue weighted by Crippen LogP contribution is -2.44. The third-order valence-corrected chi connectivity index (χ3v) is 3.58. The SMILES string of the molecule is NCCN(CCC(=O)NC1CC1)C1CCC1. The largest absolute Gasteiger partial charge is 0.353 e. The minimum atomic E-state index is 0.212. The Morgan fingerprint density at radius 3 is 2.50 bits per heavy atom. The normalized spacial score (nSPS) is 20.9. The Balaban J connectivity index is 1.65. The van der Waals surface area contributed by atoms with Crippen molar-refractivity contribution in [1.29, 1.82) is 0 Å². The Bertz CT molecular complexity index is 236. The number of carbonyl (C=O) groups is 1. The third-order valence-electron chi connectivity index (χ3n) is 3.58. The summed E-state index contributed by atoms with van der Waals surface area (Å²) in [6, 6.07) is 1.18. The van der Waals surface area contributed by atoms with Crippen LogP contribution in [0.4, 0.5) is 0 Å². The summed E-state index contributed by atoms with van der Waals surface area (Å²) in [4.78, 5) is 13.9. The van der Waals surface area contributed by atoms with E-state index in [1.165, 1.54) is 32.1 Å². The second kappa shape index (κ2) is 5.64. The molecule has 0 radical (unpaired) electrons. The van der Waals surface area contributed by atoms with E-state index in [-0.39, 0.29) is 5.91 Å². The van der Waals surface area contributed by atoms with E-state index in [1.807, 2.05) is 0 Å². The van der Waals surface area contributed by atoms with E-state index in [0.717, 1.165) is 13.1 Å². The molecule has 1 amide bonds. The molecule has 0 heterocycles. The van der Waals surface area contributed by atoms with Gasteiger partial charge in [-0.25, -0.2) is 0 Å². The average molecular weight is 225 g/mol. The summed E-state index contributed by atoms with van der Waals surface area (Å²) in [5.41, 5.74) is 5.60. The molecule has 0 atom stereocenters. The molecule has 92 valence electrons. The number of hydrogen-bond donors (Lipinski definition) is 2. The minimum absolute atomic E-state index is 0.212. The van der Waals surface area contributed by atoms with Crippen molar-refractivity contribution in [1.82, 2.24) is 10.2 Å². The fraction of sp³-hybridized carbons (Fsp3) is 0.917. The van der Waals surface area contributed by atoms with Gasteiger partial charge in [0.25, 0.3) is 0 Å². The highest BCUT2D eigenvalue weighted by Gasteiger charge is 2.26. The molecule has 0 unspecified atom stereocenters. The van der Waals surface area contributed by atoms with Crippen molar-refractivity contribution in [3.8, 4) is 0 Å². The standard InChI is InChI=1S/C12H23N3O/c13-7-9-15(11-2-1-3-11)8-6-12(16)14-10-4-5-10/h10-11H,1-9,13H2,(H,14,16). The summed E-state index contributed by atoms with van der Waals surface area (Å²) in [7, 11) is 0. The van der Waals surface area contributed by atoms with Crippen molar-refractivity contribution in [2.75, 3.05) is 19.6 Å². The number of carbonyl (C=O) groups excluding carboxylic acids is 1. The summed E-state index contributed by atoms with van der Waals surface area (Å²) < 4.78 is 0. The molecule has 2 aliphatic rings. The molecule has 2 fully saturated rings. The summed E-state index contributed by atoms with van der Waals surface area (Å²) in [5, 5.41) is 3.03. The first-order valence-corrected chi connectivity index (χ1v) is 6.53. The molecule has 0 bridgehead atoms. The van der Waals surface area contributed by atoms with Crippen molar-refractivity contribution in [3.63, 3.8) is 0 Å². The molecule has 0 spiro atoms. The molecule has 4 nitrogen and oxygen atoms in total. The summed E-state index contributed by atoms with van der Waals surface area (Å²) in [6.45, 7) is 2.50. The van der Waals surface area contributed by atoms with Gasteiger partial charge in [-0.1, -0.05) is 6.42 Å². The minimum Gasteiger partial charge on any atom is -0.353 e. The Hall–Kier alpha value is -0.610. The van der Waals surface area contributed by atoms with Crippen LogP contribution in [-0.2, 0) is 4.79 Å². The topological polar surface area (TPSA) is 58.4 Å². The van der Waals surface area contributed by atoms with Gasteiger partial charge in [0, 0.05) is 38.1 Å². The summed E-state index contributed by atoms with van der Waals surface area (Å²) >= 11 is 0. The molecule has 2 saturated carbocycles. The number of hydrogen-bond acceptors (Lipinski definition) is 3. The molecule has 16 heavy (non-hydrogen) atoms. The Kier molecular flexibility index (Phi) is 4.18. The maximum absolute atomic E-state index is 11.6. The number of nitrogens with one attached hydrogen (secondary N) is 1. The molecule has 0 aromatic rings. The summed E-state index contributed by atoms with van der Waals surface area (Å²) in [6.07, 6.45) is 6.86. The fourth-order valence-electron chi connectivity index (χ4n) is 2.17. The molecule has 4 heteroatoms. The first-order chi connectivity index (χ1) is 7.79. The molecular formula is C12H23N3O. The molecule has 2 aliphatic carbocycles. The molecule has 2 rings (SSSR count). The predicted molar refractivity (Wildman–Crippen MR) is 64.0 cm³/mol. The molecule has 3 N–H and O–H groups in total. The van der Waals surface area contributed by atoms with Crippen LogP contribution in [0, 0.1) is 0 Å². The van der Waals surface area contributed by atoms with E-state index in [9.17, 15) is 4.79 Å². The molecule has 0 aromatic heterocycles. The van der Waals surface area contributed by atoms with Gasteiger partial charge in [-0.3, -0.25) is 9.69 Å². The lowest BCUT2D eigenvalue weighted by atomic mass is 9.91. The number of nitrogens with two attached hydrogens (primary N) is 1. The second-order valence-electron chi connectivity index (χ2n) is 5.00. The van der Waals surface area contributed by atoms with Gasteiger partial charge in [-0.15, -0.1) is 0 Å². The molecule has 0 aromatic carbocycles. The van der Waals surface area contributed by atoms with Crippen LogP contribution in [-0.4, -0.2) is 42.5 Å². The predicted octanol–water partition coefficient (Wildman–Crippen LogP) is 0.468. The van der Waals surface area contributed by atoms with Gasteiger partial charge in [0.2, 0.25) is 5.91 Å². The number of amides is 1. The zero-order chi connectivity index (χ0) is 11.4. The average Bonchev–Trinajstić information content (AvgIpc) is 2.95. The van der Waals surface area contributed by atoms with Crippen LogP contribution in [0.5, 0.6) is 0 Å². The number of rotatable bonds is 7. The van der Waals surface area contributed by atoms with Gasteiger partial charge >= 0.3 is 0 Å². The molecule has 0 aliphatic heterocycles. The lowest BCUT2D eigenvalue weighted by molar-refractivity contribution is -0.121. The Morgan fingerprint density at radius 2 is 2.00 bits per heavy atom. The Labute approximate surface area is 97.6 Å². The van der Waals surface area contributed by atoms with Crippen LogP contribution in [0.1, 0.15) is 38.5 Å². The highest BCUT2D eigenvalue weighted by Crippen LogP contribution is 2.24. The van der Waals surface area contributed by atoms with Crippen LogP contribution in [0.15, 0.2) is 0 Å². The Morgan fingerprint density at radius 1 is 1.25 bits per heavy atom. The zero-order valence-corrected chi connectivity index (χ0v) is 9.95. The second-order valence-corrected chi connectivity index (χ2v) is 5.00. The van der Waals surface area contributed by atoms with Crippen LogP contribution in [0.2, 0.25) is 0 Å². The maximum Gasteiger partial charge on any atom is 0.221 e. The van der Waals surface area contributed by atoms with Gasteiger partial charge < -0.3 is 11.1 Å². The van der Waals surface area contributed by atoms with E-state index in [4.69, 9.17) is 5.73 Å². The van der Waals surface area contributed by atoms with Crippen LogP contribution >= 0.6 is 0 Å². The zero-order valence-electron chi connectivity index (χ0n) is 9.95. The lowest BCUT2D eigenvalue weighted by Gasteiger charge is -2.37. The van der Waals surface area contributed by atoms with Crippen molar-refractivity contribution < 1.29 is 4.79 Å². The monoisotopic (exact) mass is 225 g/mol. The van der Waals surface area contributed by atoms with E-state index < -0.39 is 0 Å². The van der Waals surface area contributed by atoms with Gasteiger partial charge in [-0.05, 0) is 25.7 Å². The number of nitrogens with zero attached hydrogens (tertiary/aromatic N) is 1. The molecule has 0 saturated heterocycles. The van der Waals surface area contributed by atoms with Crippen molar-refractivity contribution in [2.45, 2.75) is 50.6 Å². The first kappa shape index (κ1) is 11.9. The van der Waals surface area contributed by atoms with Gasteiger partial charge in [0.05, 0.1) is 0 Å². The highest BCUT2D eigenvalue weighted by atomic mass is 16.1. The van der Waals surface area contributed by atoms with E-state index in [2.05, 4.69) is 10.2 Å². The van der Waals surface area contributed by atoms with Gasteiger partial charge in [-0.2, -0.15) is 0 Å². The van der Waals surface area contributed by atoms with Crippen LogP contribution < -0.4 is 11.1 Å². The van der Waals surface area contributed by atoms with E-state index >= 15 is 0 Å². The smallest absolute Gasteiger partial charge is 0.221 e. The van der Waals surface area contributed by atoms with Crippen molar-refractivity contribution >= 4 is 5.91 Å². The van der Waals surface area contributed by atoms with E-state index in [1.54, 1.807) is 0 Å². The first-order valence-electron chi connectivity index (χ1n) is 6.53. The van der Waals surface area contributed by atoms with Crippen molar-refractivity contribution in [3.05, 3.63) is 0 Å². The maximum atomic E-state index is 11.6. The van der Waals surface area contributed by atoms with Crippen LogP contribution in [0.25, 0.3) is 0 Å². The fourth-order valence-corrected chi connectivity index (χ4v) is 2.17. The third kappa shape index (κ3) is 3.46. The van der Waals surface area contributed by atoms with Gasteiger partial charge in [0.1, 0.15) is 0 Å². The van der Waals surface area contributed by atoms with Gasteiger partial charge in [0.15, 0.2) is 0 Å². The quantitative estimate of drug-likeness (QED) is 0.662. The molecular weight excluding hydrogens is 202 g/mol. The van der Waals surface area contributed by atoms with Crippen molar-refractivity contribution in [2.24, 2.45) is 5.73 Å². The van der Waals surface area contributed by atoms with E-state index in [0.29, 0.717) is 25.0 Å². The van der Waals surface area contributed by atoms with Crippen LogP contribution in [0.3, 0.4) is 0 Å². The summed E-state index contributed by atoms with van der Waals surface area (Å²) in [5.74, 6) is 0.212. The highest BCUT2D eigenvalue weighted by molar-refractivity contribution is 5.76.